The molecule has 0 unspecified atom stereocenters. The van der Waals surface area contributed by atoms with Crippen LogP contribution in [0.25, 0.3) is 0 Å². The van der Waals surface area contributed by atoms with E-state index in [1.807, 2.05) is 0 Å². The van der Waals surface area contributed by atoms with Gasteiger partial charge in [0.15, 0.2) is 0 Å². The molecule has 0 spiro atoms. The summed E-state index contributed by atoms with van der Waals surface area (Å²) >= 11 is 0. The Morgan fingerprint density at radius 2 is 2.18 bits per heavy atom. The first kappa shape index (κ1) is 14.2. The lowest BCUT2D eigenvalue weighted by Crippen LogP contribution is -2.30. The van der Waals surface area contributed by atoms with E-state index in [2.05, 4.69) is 0 Å². The number of hydrogen-bond acceptors (Lipinski definition) is 5. The molecule has 0 amide bonds. The Kier molecular flexibility index (Phi) is 4.70. The molecule has 0 atom stereocenters. The van der Waals surface area contributed by atoms with Crippen LogP contribution >= 0.6 is 0 Å². The van der Waals surface area contributed by atoms with Crippen LogP contribution in [0, 0.1) is 6.92 Å². The van der Waals surface area contributed by atoms with Gasteiger partial charge in [-0.2, -0.15) is 4.31 Å². The molecular formula is C10H18N2O4S. The minimum absolute atomic E-state index is 0.163. The summed E-state index contributed by atoms with van der Waals surface area (Å²) in [6.45, 7) is 2.42. The molecular weight excluding hydrogens is 244 g/mol. The molecule has 1 aromatic heterocycles. The van der Waals surface area contributed by atoms with Crippen molar-refractivity contribution >= 4 is 10.0 Å². The monoisotopic (exact) mass is 262 g/mol. The largest absolute Gasteiger partial charge is 0.464 e. The Labute approximate surface area is 101 Å². The summed E-state index contributed by atoms with van der Waals surface area (Å²) in [5, 5.41) is 0. The number of nitrogens with two attached hydrogens (primary N) is 1. The zero-order valence-electron chi connectivity index (χ0n) is 10.3. The molecule has 17 heavy (non-hydrogen) atoms. The van der Waals surface area contributed by atoms with E-state index in [1.165, 1.54) is 24.5 Å². The number of nitrogens with zero attached hydrogens (tertiary/aromatic N) is 1. The molecule has 6 nitrogen and oxygen atoms in total. The summed E-state index contributed by atoms with van der Waals surface area (Å²) in [6, 6.07) is 1.47. The maximum absolute atomic E-state index is 12.2. The molecule has 0 bridgehead atoms. The molecule has 7 heteroatoms. The number of likely N-dealkylation sites (N-methyl/N-ethyl adjacent to an activating group) is 1. The van der Waals surface area contributed by atoms with Gasteiger partial charge in [0.2, 0.25) is 10.0 Å². The van der Waals surface area contributed by atoms with Crippen molar-refractivity contribution in [1.82, 2.24) is 4.31 Å². The minimum atomic E-state index is -3.53. The molecule has 0 radical (unpaired) electrons. The van der Waals surface area contributed by atoms with Gasteiger partial charge in [-0.25, -0.2) is 8.42 Å². The molecule has 1 heterocycles. The molecule has 2 N–H and O–H groups in total. The Morgan fingerprint density at radius 1 is 1.53 bits per heavy atom. The third-order valence-electron chi connectivity index (χ3n) is 2.42. The van der Waals surface area contributed by atoms with Crippen LogP contribution in [0.3, 0.4) is 0 Å². The summed E-state index contributed by atoms with van der Waals surface area (Å²) in [5.41, 5.74) is 5.41. The zero-order valence-corrected chi connectivity index (χ0v) is 11.1. The molecule has 0 fully saturated rings. The second kappa shape index (κ2) is 5.63. The van der Waals surface area contributed by atoms with Gasteiger partial charge in [-0.3, -0.25) is 0 Å². The number of furan rings is 1. The molecule has 0 aliphatic rings. The van der Waals surface area contributed by atoms with Crippen molar-refractivity contribution in [3.8, 4) is 0 Å². The average molecular weight is 262 g/mol. The Bertz CT molecular complexity index is 467. The highest BCUT2D eigenvalue weighted by molar-refractivity contribution is 7.89. The normalized spacial score (nSPS) is 12.3. The lowest BCUT2D eigenvalue weighted by molar-refractivity contribution is 0.185. The standard InChI is InChI=1S/C10H18N2O4S/c1-8-10(6-9(7-11)16-8)17(13,14)12(2)4-5-15-3/h6H,4-5,7,11H2,1-3H3. The SMILES string of the molecule is COCCN(C)S(=O)(=O)c1cc(CN)oc1C. The fraction of sp³-hybridized carbons (Fsp3) is 0.600. The van der Waals surface area contributed by atoms with E-state index < -0.39 is 10.0 Å². The van der Waals surface area contributed by atoms with E-state index in [9.17, 15) is 8.42 Å². The van der Waals surface area contributed by atoms with Crippen molar-refractivity contribution in [3.63, 3.8) is 0 Å². The van der Waals surface area contributed by atoms with Gasteiger partial charge in [0.05, 0.1) is 13.2 Å². The fourth-order valence-corrected chi connectivity index (χ4v) is 2.72. The number of sulfonamides is 1. The van der Waals surface area contributed by atoms with Gasteiger partial charge in [0.25, 0.3) is 0 Å². The van der Waals surface area contributed by atoms with Gasteiger partial charge >= 0.3 is 0 Å². The number of aryl methyl sites for hydroxylation is 1. The Balaban J connectivity index is 2.99. The minimum Gasteiger partial charge on any atom is -0.464 e. The van der Waals surface area contributed by atoms with Crippen molar-refractivity contribution in [1.29, 1.82) is 0 Å². The van der Waals surface area contributed by atoms with Gasteiger partial charge in [-0.15, -0.1) is 0 Å². The number of rotatable bonds is 6. The lowest BCUT2D eigenvalue weighted by Gasteiger charge is -2.15. The molecule has 0 saturated heterocycles. The van der Waals surface area contributed by atoms with Gasteiger partial charge in [-0.05, 0) is 6.92 Å². The Hall–Kier alpha value is -0.890. The molecule has 1 aromatic rings. The van der Waals surface area contributed by atoms with Crippen molar-refractivity contribution < 1.29 is 17.6 Å². The molecule has 98 valence electrons. The first-order valence-corrected chi connectivity index (χ1v) is 6.62. The smallest absolute Gasteiger partial charge is 0.246 e. The Morgan fingerprint density at radius 3 is 2.65 bits per heavy atom. The van der Waals surface area contributed by atoms with Crippen molar-refractivity contribution in [2.75, 3.05) is 27.3 Å². The van der Waals surface area contributed by atoms with E-state index in [0.717, 1.165) is 0 Å². The average Bonchev–Trinajstić information content (AvgIpc) is 2.67. The van der Waals surface area contributed by atoms with Gasteiger partial charge < -0.3 is 14.9 Å². The predicted molar refractivity (Wildman–Crippen MR) is 63.0 cm³/mol. The summed E-state index contributed by atoms with van der Waals surface area (Å²) < 4.78 is 35.6. The van der Waals surface area contributed by atoms with Crippen molar-refractivity contribution in [2.24, 2.45) is 5.73 Å². The molecule has 0 aliphatic carbocycles. The molecule has 0 aliphatic heterocycles. The number of ether oxygens (including phenoxy) is 1. The second-order valence-corrected chi connectivity index (χ2v) is 5.67. The predicted octanol–water partition coefficient (Wildman–Crippen LogP) is 0.314. The van der Waals surface area contributed by atoms with Crippen molar-refractivity contribution in [2.45, 2.75) is 18.4 Å². The van der Waals surface area contributed by atoms with Gasteiger partial charge in [0, 0.05) is 26.8 Å². The quantitative estimate of drug-likeness (QED) is 0.797. The highest BCUT2D eigenvalue weighted by Crippen LogP contribution is 2.22. The lowest BCUT2D eigenvalue weighted by atomic mass is 10.4. The highest BCUT2D eigenvalue weighted by atomic mass is 32.2. The summed E-state index contributed by atoms with van der Waals surface area (Å²) in [6.07, 6.45) is 0. The molecule has 0 saturated carbocycles. The van der Waals surface area contributed by atoms with Gasteiger partial charge in [0.1, 0.15) is 16.4 Å². The highest BCUT2D eigenvalue weighted by Gasteiger charge is 2.25. The first-order chi connectivity index (χ1) is 7.93. The number of hydrogen-bond donors (Lipinski definition) is 1. The van der Waals surface area contributed by atoms with E-state index in [1.54, 1.807) is 6.92 Å². The van der Waals surface area contributed by atoms with E-state index in [-0.39, 0.29) is 11.4 Å². The third-order valence-corrected chi connectivity index (χ3v) is 4.39. The van der Waals surface area contributed by atoms with Gasteiger partial charge in [-0.1, -0.05) is 0 Å². The van der Waals surface area contributed by atoms with Crippen LogP contribution in [0.2, 0.25) is 0 Å². The van der Waals surface area contributed by atoms with Crippen LogP contribution in [0.4, 0.5) is 0 Å². The van der Waals surface area contributed by atoms with Crippen LogP contribution in [0.15, 0.2) is 15.4 Å². The van der Waals surface area contributed by atoms with Crippen LogP contribution in [0.1, 0.15) is 11.5 Å². The maximum Gasteiger partial charge on any atom is 0.246 e. The van der Waals surface area contributed by atoms with E-state index in [4.69, 9.17) is 14.9 Å². The first-order valence-electron chi connectivity index (χ1n) is 5.18. The fourth-order valence-electron chi connectivity index (χ4n) is 1.39. The third kappa shape index (κ3) is 3.06. The van der Waals surface area contributed by atoms with Crippen LogP contribution in [-0.2, 0) is 21.3 Å². The maximum atomic E-state index is 12.2. The second-order valence-electron chi connectivity index (χ2n) is 3.66. The van der Waals surface area contributed by atoms with E-state index in [0.29, 0.717) is 24.7 Å². The summed E-state index contributed by atoms with van der Waals surface area (Å²) in [7, 11) is -0.500. The van der Waals surface area contributed by atoms with Crippen molar-refractivity contribution in [3.05, 3.63) is 17.6 Å². The van der Waals surface area contributed by atoms with Crippen LogP contribution < -0.4 is 5.73 Å². The topological polar surface area (TPSA) is 85.8 Å². The zero-order chi connectivity index (χ0) is 13.1. The number of methoxy groups -OCH3 is 1. The van der Waals surface area contributed by atoms with Crippen LogP contribution in [-0.4, -0.2) is 40.0 Å². The summed E-state index contributed by atoms with van der Waals surface area (Å²) in [4.78, 5) is 0.163. The molecule has 1 rings (SSSR count). The van der Waals surface area contributed by atoms with E-state index >= 15 is 0 Å². The summed E-state index contributed by atoms with van der Waals surface area (Å²) in [5.74, 6) is 0.816. The molecule has 0 aromatic carbocycles. The van der Waals surface area contributed by atoms with Crippen LogP contribution in [0.5, 0.6) is 0 Å².